The summed E-state index contributed by atoms with van der Waals surface area (Å²) in [6.45, 7) is -0.701. The van der Waals surface area contributed by atoms with Crippen molar-refractivity contribution in [3.05, 3.63) is 58.6 Å². The van der Waals surface area contributed by atoms with Gasteiger partial charge in [0, 0.05) is 5.02 Å². The van der Waals surface area contributed by atoms with E-state index in [0.717, 1.165) is 0 Å². The second kappa shape index (κ2) is 6.20. The summed E-state index contributed by atoms with van der Waals surface area (Å²) in [4.78, 5) is 24.3. The second-order valence-electron chi connectivity index (χ2n) is 5.16. The van der Waals surface area contributed by atoms with Gasteiger partial charge in [-0.1, -0.05) is 23.7 Å². The van der Waals surface area contributed by atoms with Crippen LogP contribution >= 0.6 is 11.6 Å². The molecule has 0 atom stereocenters. The van der Waals surface area contributed by atoms with E-state index in [-0.39, 0.29) is 21.7 Å². The quantitative estimate of drug-likeness (QED) is 0.882. The number of carbonyl (C=O) groups excluding carboxylic acids is 2. The zero-order valence-corrected chi connectivity index (χ0v) is 14.1. The zero-order valence-electron chi connectivity index (χ0n) is 12.6. The molecule has 0 unspecified atom stereocenters. The lowest BCUT2D eigenvalue weighted by molar-refractivity contribution is -0.116. The van der Waals surface area contributed by atoms with Gasteiger partial charge in [0.15, 0.2) is 0 Å². The van der Waals surface area contributed by atoms with E-state index >= 15 is 0 Å². The van der Waals surface area contributed by atoms with Crippen LogP contribution in [0.5, 0.6) is 0 Å². The van der Waals surface area contributed by atoms with E-state index in [9.17, 15) is 18.0 Å². The average Bonchev–Trinajstić information content (AvgIpc) is 2.76. The third kappa shape index (κ3) is 2.95. The van der Waals surface area contributed by atoms with Crippen molar-refractivity contribution in [2.45, 2.75) is 4.90 Å². The molecular weight excluding hydrogens is 366 g/mol. The molecule has 1 aliphatic rings. The largest absolute Gasteiger partial charge is 0.323 e. The predicted molar refractivity (Wildman–Crippen MR) is 89.5 cm³/mol. The summed E-state index contributed by atoms with van der Waals surface area (Å²) in [7, 11) is -4.07. The van der Waals surface area contributed by atoms with Crippen molar-refractivity contribution in [1.29, 1.82) is 5.26 Å². The Morgan fingerprint density at radius 3 is 2.64 bits per heavy atom. The van der Waals surface area contributed by atoms with Gasteiger partial charge in [-0.15, -0.1) is 0 Å². The molecular formula is C16H10ClN3O4S. The highest BCUT2D eigenvalue weighted by Gasteiger charge is 2.41. The first kappa shape index (κ1) is 17.0. The van der Waals surface area contributed by atoms with Crippen LogP contribution in [0.3, 0.4) is 0 Å². The summed E-state index contributed by atoms with van der Waals surface area (Å²) in [5.74, 6) is -1.53. The number of nitriles is 1. The Labute approximate surface area is 148 Å². The molecule has 2 aromatic carbocycles. The number of amides is 2. The van der Waals surface area contributed by atoms with E-state index < -0.39 is 28.4 Å². The Morgan fingerprint density at radius 2 is 1.96 bits per heavy atom. The molecule has 2 aromatic rings. The van der Waals surface area contributed by atoms with Crippen LogP contribution in [0.1, 0.15) is 15.9 Å². The summed E-state index contributed by atoms with van der Waals surface area (Å²) >= 11 is 5.84. The highest BCUT2D eigenvalue weighted by atomic mass is 35.5. The van der Waals surface area contributed by atoms with Crippen LogP contribution in [0.4, 0.5) is 5.69 Å². The molecule has 0 saturated heterocycles. The molecule has 0 saturated carbocycles. The van der Waals surface area contributed by atoms with Gasteiger partial charge >= 0.3 is 0 Å². The average molecular weight is 376 g/mol. The number of benzene rings is 2. The number of fused-ring (bicyclic) bond motifs is 1. The van der Waals surface area contributed by atoms with Gasteiger partial charge in [-0.05, 0) is 30.3 Å². The molecule has 0 radical (unpaired) electrons. The lowest BCUT2D eigenvalue weighted by Crippen LogP contribution is -2.37. The Bertz CT molecular complexity index is 1040. The molecule has 3 rings (SSSR count). The fraction of sp³-hybridized carbons (Fsp3) is 0.0625. The number of rotatable bonds is 3. The van der Waals surface area contributed by atoms with E-state index in [1.165, 1.54) is 36.4 Å². The van der Waals surface area contributed by atoms with Gasteiger partial charge in [0.05, 0.1) is 16.8 Å². The monoisotopic (exact) mass is 375 g/mol. The van der Waals surface area contributed by atoms with Gasteiger partial charge in [0.2, 0.25) is 5.91 Å². The van der Waals surface area contributed by atoms with Gasteiger partial charge in [-0.25, -0.2) is 12.7 Å². The lowest BCUT2D eigenvalue weighted by atomic mass is 10.2. The molecule has 1 heterocycles. The van der Waals surface area contributed by atoms with Crippen LogP contribution in [0.25, 0.3) is 0 Å². The normalized spacial score (nSPS) is 14.7. The van der Waals surface area contributed by atoms with Crippen molar-refractivity contribution in [3.63, 3.8) is 0 Å². The minimum Gasteiger partial charge on any atom is -0.323 e. The maximum Gasteiger partial charge on any atom is 0.269 e. The standard InChI is InChI=1S/C16H10ClN3O4S/c17-11-6-5-10(8-18)13(7-11)19-15(21)9-20-16(22)12-3-1-2-4-14(12)25(20,23)24/h1-7H,9H2,(H,19,21). The minimum absolute atomic E-state index is 0.0239. The number of halogens is 1. The Kier molecular flexibility index (Phi) is 4.20. The van der Waals surface area contributed by atoms with Crippen molar-refractivity contribution in [3.8, 4) is 6.07 Å². The van der Waals surface area contributed by atoms with E-state index in [1.807, 2.05) is 6.07 Å². The van der Waals surface area contributed by atoms with Gasteiger partial charge in [0.25, 0.3) is 15.9 Å². The topological polar surface area (TPSA) is 107 Å². The number of sulfonamides is 1. The van der Waals surface area contributed by atoms with E-state index in [4.69, 9.17) is 16.9 Å². The third-order valence-corrected chi connectivity index (χ3v) is 5.60. The number of nitrogens with one attached hydrogen (secondary N) is 1. The van der Waals surface area contributed by atoms with Crippen LogP contribution in [0.2, 0.25) is 5.02 Å². The van der Waals surface area contributed by atoms with Crippen molar-refractivity contribution < 1.29 is 18.0 Å². The van der Waals surface area contributed by atoms with Crippen LogP contribution in [0, 0.1) is 11.3 Å². The predicted octanol–water partition coefficient (Wildman–Crippen LogP) is 1.99. The van der Waals surface area contributed by atoms with Crippen LogP contribution in [-0.4, -0.2) is 31.1 Å². The first-order valence-corrected chi connectivity index (χ1v) is 8.82. The van der Waals surface area contributed by atoms with E-state index in [0.29, 0.717) is 9.33 Å². The fourth-order valence-corrected chi connectivity index (χ4v) is 4.12. The maximum absolute atomic E-state index is 12.4. The number of carbonyl (C=O) groups is 2. The number of nitrogens with zero attached hydrogens (tertiary/aromatic N) is 2. The first-order valence-electron chi connectivity index (χ1n) is 7.00. The van der Waals surface area contributed by atoms with Crippen LogP contribution in [-0.2, 0) is 14.8 Å². The van der Waals surface area contributed by atoms with Gasteiger partial charge in [0.1, 0.15) is 17.5 Å². The van der Waals surface area contributed by atoms with Crippen molar-refractivity contribution in [1.82, 2.24) is 4.31 Å². The van der Waals surface area contributed by atoms with Crippen molar-refractivity contribution in [2.75, 3.05) is 11.9 Å². The number of hydrogen-bond donors (Lipinski definition) is 1. The zero-order chi connectivity index (χ0) is 18.2. The first-order chi connectivity index (χ1) is 11.8. The number of hydrogen-bond acceptors (Lipinski definition) is 5. The Balaban J connectivity index is 1.85. The van der Waals surface area contributed by atoms with Crippen molar-refractivity contribution >= 4 is 39.1 Å². The minimum atomic E-state index is -4.07. The lowest BCUT2D eigenvalue weighted by Gasteiger charge is -2.15. The molecule has 0 spiro atoms. The summed E-state index contributed by atoms with van der Waals surface area (Å²) in [6, 6.07) is 11.9. The molecule has 2 amide bonds. The van der Waals surface area contributed by atoms with Gasteiger partial charge < -0.3 is 5.32 Å². The second-order valence-corrected chi connectivity index (χ2v) is 7.43. The highest BCUT2D eigenvalue weighted by molar-refractivity contribution is 7.90. The molecule has 1 N–H and O–H groups in total. The van der Waals surface area contributed by atoms with E-state index in [1.54, 1.807) is 6.07 Å². The number of anilines is 1. The van der Waals surface area contributed by atoms with Crippen LogP contribution < -0.4 is 5.32 Å². The summed E-state index contributed by atoms with van der Waals surface area (Å²) in [5, 5.41) is 11.8. The summed E-state index contributed by atoms with van der Waals surface area (Å²) in [6.07, 6.45) is 0. The SMILES string of the molecule is N#Cc1ccc(Cl)cc1NC(=O)CN1C(=O)c2ccccc2S1(=O)=O. The maximum atomic E-state index is 12.4. The summed E-state index contributed by atoms with van der Waals surface area (Å²) < 4.78 is 25.3. The Hall–Kier alpha value is -2.89. The summed E-state index contributed by atoms with van der Waals surface area (Å²) in [5.41, 5.74) is 0.328. The van der Waals surface area contributed by atoms with Crippen LogP contribution in [0.15, 0.2) is 47.4 Å². The molecule has 25 heavy (non-hydrogen) atoms. The molecule has 7 nitrogen and oxygen atoms in total. The molecule has 0 bridgehead atoms. The highest BCUT2D eigenvalue weighted by Crippen LogP contribution is 2.29. The molecule has 1 aliphatic heterocycles. The molecule has 0 fully saturated rings. The molecule has 126 valence electrons. The molecule has 9 heteroatoms. The van der Waals surface area contributed by atoms with E-state index in [2.05, 4.69) is 5.32 Å². The fourth-order valence-electron chi connectivity index (χ4n) is 2.42. The smallest absolute Gasteiger partial charge is 0.269 e. The third-order valence-electron chi connectivity index (χ3n) is 3.58. The van der Waals surface area contributed by atoms with Crippen molar-refractivity contribution in [2.24, 2.45) is 0 Å². The van der Waals surface area contributed by atoms with Gasteiger partial charge in [-0.2, -0.15) is 5.26 Å². The Morgan fingerprint density at radius 1 is 1.24 bits per heavy atom. The van der Waals surface area contributed by atoms with Gasteiger partial charge in [-0.3, -0.25) is 9.59 Å². The molecule has 0 aliphatic carbocycles. The molecule has 0 aromatic heterocycles.